The zero-order valence-electron chi connectivity index (χ0n) is 11.2. The van der Waals surface area contributed by atoms with Crippen LogP contribution >= 0.6 is 11.6 Å². The van der Waals surface area contributed by atoms with Crippen molar-refractivity contribution in [1.82, 2.24) is 5.32 Å². The van der Waals surface area contributed by atoms with Gasteiger partial charge in [-0.15, -0.1) is 0 Å². The van der Waals surface area contributed by atoms with Gasteiger partial charge in [-0.25, -0.2) is 0 Å². The van der Waals surface area contributed by atoms with E-state index < -0.39 is 6.10 Å². The van der Waals surface area contributed by atoms with E-state index in [0.29, 0.717) is 30.3 Å². The Morgan fingerprint density at radius 3 is 2.68 bits per heavy atom. The van der Waals surface area contributed by atoms with E-state index in [1.165, 1.54) is 0 Å². The summed E-state index contributed by atoms with van der Waals surface area (Å²) in [5.41, 5.74) is 0. The first-order valence-corrected chi connectivity index (χ1v) is 6.95. The highest BCUT2D eigenvalue weighted by atomic mass is 35.5. The molecule has 1 aromatic carbocycles. The Kier molecular flexibility index (Phi) is 7.82. The number of hydrogen-bond donors (Lipinski definition) is 3. The Bertz CT molecular complexity index is 362. The van der Waals surface area contributed by atoms with Crippen molar-refractivity contribution in [1.29, 1.82) is 0 Å². The third-order valence-electron chi connectivity index (χ3n) is 2.77. The maximum absolute atomic E-state index is 9.73. The number of benzene rings is 1. The quantitative estimate of drug-likeness (QED) is 0.607. The highest BCUT2D eigenvalue weighted by Gasteiger charge is 2.07. The van der Waals surface area contributed by atoms with Gasteiger partial charge in [-0.3, -0.25) is 0 Å². The van der Waals surface area contributed by atoms with Gasteiger partial charge >= 0.3 is 0 Å². The van der Waals surface area contributed by atoms with Crippen LogP contribution in [0, 0.1) is 0 Å². The fourth-order valence-corrected chi connectivity index (χ4v) is 1.74. The highest BCUT2D eigenvalue weighted by molar-refractivity contribution is 6.32. The number of rotatable bonds is 9. The Morgan fingerprint density at radius 1 is 1.26 bits per heavy atom. The summed E-state index contributed by atoms with van der Waals surface area (Å²) >= 11 is 5.94. The molecular formula is C14H22ClNO3. The zero-order valence-corrected chi connectivity index (χ0v) is 11.9. The van der Waals surface area contributed by atoms with E-state index in [0.717, 1.165) is 6.42 Å². The molecule has 0 spiro atoms. The Morgan fingerprint density at radius 2 is 2.00 bits per heavy atom. The van der Waals surface area contributed by atoms with Crippen molar-refractivity contribution in [3.63, 3.8) is 0 Å². The zero-order chi connectivity index (χ0) is 14.1. The van der Waals surface area contributed by atoms with Gasteiger partial charge in [0.1, 0.15) is 18.5 Å². The van der Waals surface area contributed by atoms with Crippen LogP contribution in [-0.4, -0.2) is 42.1 Å². The molecule has 0 amide bonds. The molecule has 1 rings (SSSR count). The standard InChI is InChI=1S/C14H22ClNO3/c1-2-11(17)7-8-16-9-12(18)10-19-14-6-4-3-5-13(14)15/h3-6,11-12,16-18H,2,7-10H2,1H3. The van der Waals surface area contributed by atoms with E-state index in [4.69, 9.17) is 16.3 Å². The van der Waals surface area contributed by atoms with E-state index in [1.54, 1.807) is 12.1 Å². The molecule has 2 unspecified atom stereocenters. The van der Waals surface area contributed by atoms with Crippen LogP contribution in [0.15, 0.2) is 24.3 Å². The van der Waals surface area contributed by atoms with Gasteiger partial charge in [0, 0.05) is 6.54 Å². The summed E-state index contributed by atoms with van der Waals surface area (Å²) in [6, 6.07) is 7.16. The van der Waals surface area contributed by atoms with Crippen LogP contribution in [0.4, 0.5) is 0 Å². The summed E-state index contributed by atoms with van der Waals surface area (Å²) in [7, 11) is 0. The van der Waals surface area contributed by atoms with E-state index in [1.807, 2.05) is 19.1 Å². The first kappa shape index (κ1) is 16.2. The molecule has 0 fully saturated rings. The normalized spacial score (nSPS) is 14.1. The lowest BCUT2D eigenvalue weighted by Crippen LogP contribution is -2.33. The Balaban J connectivity index is 2.14. The summed E-state index contributed by atoms with van der Waals surface area (Å²) < 4.78 is 5.43. The number of nitrogens with one attached hydrogen (secondary N) is 1. The maximum Gasteiger partial charge on any atom is 0.138 e. The van der Waals surface area contributed by atoms with Crippen molar-refractivity contribution in [3.05, 3.63) is 29.3 Å². The summed E-state index contributed by atoms with van der Waals surface area (Å²) in [5, 5.41) is 22.7. The molecular weight excluding hydrogens is 266 g/mol. The molecule has 0 aliphatic heterocycles. The van der Waals surface area contributed by atoms with Gasteiger partial charge in [-0.1, -0.05) is 30.7 Å². The summed E-state index contributed by atoms with van der Waals surface area (Å²) in [6.07, 6.45) is 0.563. The maximum atomic E-state index is 9.73. The fraction of sp³-hybridized carbons (Fsp3) is 0.571. The van der Waals surface area contributed by atoms with Crippen LogP contribution in [0.1, 0.15) is 19.8 Å². The van der Waals surface area contributed by atoms with Crippen molar-refractivity contribution in [3.8, 4) is 5.75 Å². The second-order valence-electron chi connectivity index (χ2n) is 4.45. The van der Waals surface area contributed by atoms with Gasteiger partial charge in [-0.05, 0) is 31.5 Å². The smallest absolute Gasteiger partial charge is 0.138 e. The van der Waals surface area contributed by atoms with Crippen LogP contribution in [0.25, 0.3) is 0 Å². The first-order chi connectivity index (χ1) is 9.13. The third-order valence-corrected chi connectivity index (χ3v) is 3.09. The number of aliphatic hydroxyl groups is 2. The lowest BCUT2D eigenvalue weighted by atomic mass is 10.2. The summed E-state index contributed by atoms with van der Waals surface area (Å²) in [6.45, 7) is 3.24. The topological polar surface area (TPSA) is 61.7 Å². The van der Waals surface area contributed by atoms with Crippen molar-refractivity contribution < 1.29 is 14.9 Å². The predicted octanol–water partition coefficient (Wildman–Crippen LogP) is 1.83. The molecule has 0 heterocycles. The van der Waals surface area contributed by atoms with E-state index in [-0.39, 0.29) is 12.7 Å². The SMILES string of the molecule is CCC(O)CCNCC(O)COc1ccccc1Cl. The average molecular weight is 288 g/mol. The number of hydrogen-bond acceptors (Lipinski definition) is 4. The molecule has 0 bridgehead atoms. The number of ether oxygens (including phenoxy) is 1. The second-order valence-corrected chi connectivity index (χ2v) is 4.86. The van der Waals surface area contributed by atoms with Crippen molar-refractivity contribution in [2.24, 2.45) is 0 Å². The molecule has 5 heteroatoms. The van der Waals surface area contributed by atoms with Crippen LogP contribution in [0.3, 0.4) is 0 Å². The van der Waals surface area contributed by atoms with E-state index >= 15 is 0 Å². The minimum Gasteiger partial charge on any atom is -0.489 e. The molecule has 108 valence electrons. The molecule has 0 radical (unpaired) electrons. The highest BCUT2D eigenvalue weighted by Crippen LogP contribution is 2.22. The largest absolute Gasteiger partial charge is 0.489 e. The van der Waals surface area contributed by atoms with Gasteiger partial charge in [0.15, 0.2) is 0 Å². The van der Waals surface area contributed by atoms with E-state index in [2.05, 4.69) is 5.32 Å². The average Bonchev–Trinajstić information content (AvgIpc) is 2.42. The van der Waals surface area contributed by atoms with Crippen LogP contribution < -0.4 is 10.1 Å². The molecule has 4 nitrogen and oxygen atoms in total. The van der Waals surface area contributed by atoms with Gasteiger partial charge in [-0.2, -0.15) is 0 Å². The van der Waals surface area contributed by atoms with Gasteiger partial charge < -0.3 is 20.3 Å². The van der Waals surface area contributed by atoms with Gasteiger partial charge in [0.2, 0.25) is 0 Å². The van der Waals surface area contributed by atoms with Crippen LogP contribution in [0.5, 0.6) is 5.75 Å². The molecule has 19 heavy (non-hydrogen) atoms. The number of para-hydroxylation sites is 1. The van der Waals surface area contributed by atoms with Crippen LogP contribution in [-0.2, 0) is 0 Å². The minimum atomic E-state index is -0.602. The van der Waals surface area contributed by atoms with Gasteiger partial charge in [0.25, 0.3) is 0 Å². The monoisotopic (exact) mass is 287 g/mol. The fourth-order valence-electron chi connectivity index (χ4n) is 1.55. The molecule has 0 aliphatic rings. The molecule has 0 saturated carbocycles. The molecule has 3 N–H and O–H groups in total. The molecule has 2 atom stereocenters. The second kappa shape index (κ2) is 9.15. The molecule has 1 aromatic rings. The van der Waals surface area contributed by atoms with Crippen molar-refractivity contribution in [2.45, 2.75) is 32.0 Å². The third kappa shape index (κ3) is 6.78. The Hall–Kier alpha value is -0.810. The summed E-state index contributed by atoms with van der Waals surface area (Å²) in [5.74, 6) is 0.574. The minimum absolute atomic E-state index is 0.188. The molecule has 0 saturated heterocycles. The van der Waals surface area contributed by atoms with Crippen molar-refractivity contribution in [2.75, 3.05) is 19.7 Å². The van der Waals surface area contributed by atoms with E-state index in [9.17, 15) is 10.2 Å². The number of aliphatic hydroxyl groups excluding tert-OH is 2. The lowest BCUT2D eigenvalue weighted by Gasteiger charge is -2.14. The lowest BCUT2D eigenvalue weighted by molar-refractivity contribution is 0.104. The molecule has 0 aromatic heterocycles. The Labute approximate surface area is 119 Å². The van der Waals surface area contributed by atoms with Gasteiger partial charge in [0.05, 0.1) is 11.1 Å². The predicted molar refractivity (Wildman–Crippen MR) is 76.7 cm³/mol. The first-order valence-electron chi connectivity index (χ1n) is 6.57. The summed E-state index contributed by atoms with van der Waals surface area (Å²) in [4.78, 5) is 0. The van der Waals surface area contributed by atoms with Crippen molar-refractivity contribution >= 4 is 11.6 Å². The number of halogens is 1. The van der Waals surface area contributed by atoms with Crippen LogP contribution in [0.2, 0.25) is 5.02 Å². The molecule has 0 aliphatic carbocycles.